The van der Waals surface area contributed by atoms with Crippen LogP contribution in [0.1, 0.15) is 37.7 Å². The van der Waals surface area contributed by atoms with Gasteiger partial charge in [-0.15, -0.1) is 0 Å². The van der Waals surface area contributed by atoms with Gasteiger partial charge in [0.05, 0.1) is 14.2 Å². The minimum atomic E-state index is 0.274. The molecule has 4 rings (SSSR count). The summed E-state index contributed by atoms with van der Waals surface area (Å²) in [5, 5.41) is 0. The lowest BCUT2D eigenvalue weighted by atomic mass is 9.58. The molecule has 1 aromatic carbocycles. The maximum Gasteiger partial charge on any atom is 0.161 e. The predicted molar refractivity (Wildman–Crippen MR) is 96.1 cm³/mol. The van der Waals surface area contributed by atoms with Crippen LogP contribution < -0.4 is 9.47 Å². The highest BCUT2D eigenvalue weighted by Crippen LogP contribution is 2.55. The molecule has 0 bridgehead atoms. The number of hydrogen-bond donors (Lipinski definition) is 0. The van der Waals surface area contributed by atoms with Crippen molar-refractivity contribution in [2.75, 3.05) is 41.4 Å². The van der Waals surface area contributed by atoms with Crippen LogP contribution in [0.5, 0.6) is 11.5 Å². The third-order valence-corrected chi connectivity index (χ3v) is 7.37. The maximum atomic E-state index is 5.58. The highest BCUT2D eigenvalue weighted by atomic mass is 16.5. The van der Waals surface area contributed by atoms with Crippen LogP contribution in [0, 0.1) is 0 Å². The summed E-state index contributed by atoms with van der Waals surface area (Å²) in [5.74, 6) is 1.69. The molecule has 3 fully saturated rings. The Hall–Kier alpha value is -1.26. The van der Waals surface area contributed by atoms with Crippen LogP contribution >= 0.6 is 0 Å². The molecule has 3 aliphatic rings. The molecule has 3 unspecified atom stereocenters. The summed E-state index contributed by atoms with van der Waals surface area (Å²) in [7, 11) is 8.06. The minimum Gasteiger partial charge on any atom is -0.493 e. The Balaban J connectivity index is 1.71. The van der Waals surface area contributed by atoms with Crippen LogP contribution in [-0.2, 0) is 5.41 Å². The predicted octanol–water partition coefficient (Wildman–Crippen LogP) is 2.90. The van der Waals surface area contributed by atoms with Gasteiger partial charge in [0, 0.05) is 23.5 Å². The summed E-state index contributed by atoms with van der Waals surface area (Å²) in [6.07, 6.45) is 6.53. The second kappa shape index (κ2) is 5.63. The number of rotatable bonds is 3. The first kappa shape index (κ1) is 16.2. The number of likely N-dealkylation sites (N-methyl/N-ethyl adjacent to an activating group) is 1. The van der Waals surface area contributed by atoms with Crippen LogP contribution in [0.2, 0.25) is 0 Å². The largest absolute Gasteiger partial charge is 0.493 e. The molecule has 1 spiro atoms. The summed E-state index contributed by atoms with van der Waals surface area (Å²) in [6.45, 7) is 2.46. The SMILES string of the molecule is COc1ccc(C23CCN(C)C2CC2(CCN2C)CC3)cc1OC. The first-order valence-electron chi connectivity index (χ1n) is 9.19. The first-order valence-corrected chi connectivity index (χ1v) is 9.19. The average molecular weight is 330 g/mol. The molecule has 3 atom stereocenters. The number of ether oxygens (including phenoxy) is 2. The minimum absolute atomic E-state index is 0.274. The smallest absolute Gasteiger partial charge is 0.161 e. The van der Waals surface area contributed by atoms with Gasteiger partial charge < -0.3 is 19.3 Å². The Bertz CT molecular complexity index is 634. The van der Waals surface area contributed by atoms with Gasteiger partial charge in [-0.05, 0) is 70.4 Å². The number of benzene rings is 1. The fourth-order valence-corrected chi connectivity index (χ4v) is 5.53. The molecular weight excluding hydrogens is 300 g/mol. The van der Waals surface area contributed by atoms with Crippen LogP contribution in [0.25, 0.3) is 0 Å². The molecule has 1 saturated carbocycles. The fourth-order valence-electron chi connectivity index (χ4n) is 5.53. The highest BCUT2D eigenvalue weighted by molar-refractivity contribution is 5.46. The van der Waals surface area contributed by atoms with E-state index in [-0.39, 0.29) is 5.41 Å². The molecule has 4 nitrogen and oxygen atoms in total. The molecule has 0 N–H and O–H groups in total. The molecule has 0 aromatic heterocycles. The normalized spacial score (nSPS) is 36.4. The zero-order valence-corrected chi connectivity index (χ0v) is 15.5. The molecule has 0 amide bonds. The van der Waals surface area contributed by atoms with Crippen LogP contribution in [0.3, 0.4) is 0 Å². The van der Waals surface area contributed by atoms with Crippen molar-refractivity contribution in [3.63, 3.8) is 0 Å². The standard InChI is InChI=1S/C20H30N2O2/c1-21-11-10-20(15-5-6-16(23-3)17(13-15)24-4)8-7-19(14-18(20)21)9-12-22(19)2/h5-6,13,18H,7-12,14H2,1-4H3. The molecule has 24 heavy (non-hydrogen) atoms. The third kappa shape index (κ3) is 2.12. The van der Waals surface area contributed by atoms with Gasteiger partial charge in [0.2, 0.25) is 0 Å². The van der Waals surface area contributed by atoms with Gasteiger partial charge in [-0.2, -0.15) is 0 Å². The lowest BCUT2D eigenvalue weighted by Gasteiger charge is -2.59. The van der Waals surface area contributed by atoms with Gasteiger partial charge in [-0.3, -0.25) is 0 Å². The van der Waals surface area contributed by atoms with Crippen LogP contribution in [0.4, 0.5) is 0 Å². The van der Waals surface area contributed by atoms with Crippen molar-refractivity contribution < 1.29 is 9.47 Å². The number of likely N-dealkylation sites (tertiary alicyclic amines) is 2. The van der Waals surface area contributed by atoms with Gasteiger partial charge in [-0.25, -0.2) is 0 Å². The second-order valence-corrected chi connectivity index (χ2v) is 8.07. The molecule has 1 aliphatic carbocycles. The number of nitrogens with zero attached hydrogens (tertiary/aromatic N) is 2. The van der Waals surface area contributed by atoms with Gasteiger partial charge in [0.15, 0.2) is 11.5 Å². The average Bonchev–Trinajstić information content (AvgIpc) is 2.97. The van der Waals surface area contributed by atoms with Crippen LogP contribution in [0.15, 0.2) is 18.2 Å². The Kier molecular flexibility index (Phi) is 3.81. The Morgan fingerprint density at radius 2 is 1.75 bits per heavy atom. The van der Waals surface area contributed by atoms with E-state index < -0.39 is 0 Å². The number of hydrogen-bond acceptors (Lipinski definition) is 4. The molecular formula is C20H30N2O2. The van der Waals surface area contributed by atoms with Gasteiger partial charge in [0.25, 0.3) is 0 Å². The molecule has 4 heteroatoms. The first-order chi connectivity index (χ1) is 11.5. The topological polar surface area (TPSA) is 24.9 Å². The van der Waals surface area contributed by atoms with Crippen molar-refractivity contribution in [2.24, 2.45) is 0 Å². The van der Waals surface area contributed by atoms with E-state index >= 15 is 0 Å². The van der Waals surface area contributed by atoms with Crippen molar-refractivity contribution in [3.8, 4) is 11.5 Å². The van der Waals surface area contributed by atoms with E-state index in [0.717, 1.165) is 11.5 Å². The third-order valence-electron chi connectivity index (χ3n) is 7.37. The van der Waals surface area contributed by atoms with E-state index in [2.05, 4.69) is 42.1 Å². The molecule has 1 aromatic rings. The second-order valence-electron chi connectivity index (χ2n) is 8.07. The van der Waals surface area contributed by atoms with E-state index in [9.17, 15) is 0 Å². The van der Waals surface area contributed by atoms with Gasteiger partial charge >= 0.3 is 0 Å². The molecule has 132 valence electrons. The zero-order valence-electron chi connectivity index (χ0n) is 15.5. The van der Waals surface area contributed by atoms with E-state index in [0.29, 0.717) is 11.6 Å². The zero-order chi connectivity index (χ0) is 16.9. The Morgan fingerprint density at radius 3 is 2.38 bits per heavy atom. The van der Waals surface area contributed by atoms with Crippen molar-refractivity contribution in [1.82, 2.24) is 9.80 Å². The van der Waals surface area contributed by atoms with E-state index in [1.807, 2.05) is 0 Å². The monoisotopic (exact) mass is 330 g/mol. The van der Waals surface area contributed by atoms with Crippen LogP contribution in [-0.4, -0.2) is 62.8 Å². The Labute approximate surface area is 145 Å². The fraction of sp³-hybridized carbons (Fsp3) is 0.700. The molecule has 0 radical (unpaired) electrons. The lowest BCUT2D eigenvalue weighted by molar-refractivity contribution is -0.0547. The van der Waals surface area contributed by atoms with E-state index in [1.54, 1.807) is 14.2 Å². The maximum absolute atomic E-state index is 5.58. The van der Waals surface area contributed by atoms with Crippen molar-refractivity contribution >= 4 is 0 Å². The quantitative estimate of drug-likeness (QED) is 0.851. The van der Waals surface area contributed by atoms with Crippen molar-refractivity contribution in [2.45, 2.75) is 49.1 Å². The van der Waals surface area contributed by atoms with Crippen molar-refractivity contribution in [3.05, 3.63) is 23.8 Å². The molecule has 2 saturated heterocycles. The highest BCUT2D eigenvalue weighted by Gasteiger charge is 2.57. The Morgan fingerprint density at radius 1 is 0.958 bits per heavy atom. The van der Waals surface area contributed by atoms with Gasteiger partial charge in [-0.1, -0.05) is 6.07 Å². The van der Waals surface area contributed by atoms with E-state index in [1.165, 1.54) is 50.8 Å². The van der Waals surface area contributed by atoms with Crippen molar-refractivity contribution in [1.29, 1.82) is 0 Å². The summed E-state index contributed by atoms with van der Waals surface area (Å²) >= 11 is 0. The van der Waals surface area contributed by atoms with Gasteiger partial charge in [0.1, 0.15) is 0 Å². The molecule has 2 aliphatic heterocycles. The van der Waals surface area contributed by atoms with E-state index in [4.69, 9.17) is 9.47 Å². The summed E-state index contributed by atoms with van der Waals surface area (Å²) in [6, 6.07) is 7.22. The summed E-state index contributed by atoms with van der Waals surface area (Å²) in [5.41, 5.74) is 2.17. The summed E-state index contributed by atoms with van der Waals surface area (Å²) < 4.78 is 11.0. The summed E-state index contributed by atoms with van der Waals surface area (Å²) in [4.78, 5) is 5.20. The number of methoxy groups -OCH3 is 2. The number of fused-ring (bicyclic) bond motifs is 1. The lowest BCUT2D eigenvalue weighted by Crippen LogP contribution is -2.64. The molecule has 2 heterocycles.